The van der Waals surface area contributed by atoms with Crippen molar-refractivity contribution in [2.75, 3.05) is 22.4 Å². The van der Waals surface area contributed by atoms with Crippen LogP contribution in [0.2, 0.25) is 5.02 Å². The van der Waals surface area contributed by atoms with Gasteiger partial charge in [0, 0.05) is 10.7 Å². The zero-order valence-corrected chi connectivity index (χ0v) is 18.8. The van der Waals surface area contributed by atoms with E-state index in [-0.39, 0.29) is 6.54 Å². The van der Waals surface area contributed by atoms with Crippen LogP contribution >= 0.6 is 11.6 Å². The second kappa shape index (κ2) is 9.85. The summed E-state index contributed by atoms with van der Waals surface area (Å²) in [4.78, 5) is 12.5. The average molecular weight is 459 g/mol. The van der Waals surface area contributed by atoms with E-state index in [9.17, 15) is 13.2 Å². The third-order valence-electron chi connectivity index (χ3n) is 4.52. The van der Waals surface area contributed by atoms with Crippen molar-refractivity contribution in [3.63, 3.8) is 0 Å². The number of ether oxygens (including phenoxy) is 1. The van der Waals surface area contributed by atoms with Crippen molar-refractivity contribution in [2.45, 2.75) is 13.5 Å². The van der Waals surface area contributed by atoms with E-state index in [1.54, 1.807) is 42.5 Å². The van der Waals surface area contributed by atoms with Gasteiger partial charge in [-0.2, -0.15) is 0 Å². The van der Waals surface area contributed by atoms with Gasteiger partial charge in [-0.25, -0.2) is 8.42 Å². The Kier molecular flexibility index (Phi) is 7.20. The second-order valence-corrected chi connectivity index (χ2v) is 9.36. The van der Waals surface area contributed by atoms with Crippen LogP contribution in [0.5, 0.6) is 5.75 Å². The minimum Gasteiger partial charge on any atom is -0.489 e. The van der Waals surface area contributed by atoms with Crippen LogP contribution in [0.4, 0.5) is 11.4 Å². The van der Waals surface area contributed by atoms with Crippen LogP contribution in [-0.2, 0) is 21.4 Å². The predicted molar refractivity (Wildman–Crippen MR) is 124 cm³/mol. The molecule has 162 valence electrons. The molecule has 0 saturated heterocycles. The number of nitrogens with zero attached hydrogens (tertiary/aromatic N) is 1. The largest absolute Gasteiger partial charge is 0.489 e. The lowest BCUT2D eigenvalue weighted by molar-refractivity contribution is -0.114. The molecule has 0 aromatic heterocycles. The Morgan fingerprint density at radius 3 is 2.32 bits per heavy atom. The number of carbonyl (C=O) groups excluding carboxylic acids is 1. The molecule has 0 bridgehead atoms. The van der Waals surface area contributed by atoms with Gasteiger partial charge in [0.25, 0.3) is 0 Å². The summed E-state index contributed by atoms with van der Waals surface area (Å²) in [6.45, 7) is 1.89. The van der Waals surface area contributed by atoms with Crippen molar-refractivity contribution < 1.29 is 17.9 Å². The van der Waals surface area contributed by atoms with Crippen LogP contribution in [0, 0.1) is 6.92 Å². The number of hydrogen-bond acceptors (Lipinski definition) is 4. The topological polar surface area (TPSA) is 75.7 Å². The fourth-order valence-corrected chi connectivity index (χ4v) is 3.89. The Bertz CT molecular complexity index is 1150. The molecule has 6 nitrogen and oxygen atoms in total. The molecule has 8 heteroatoms. The highest BCUT2D eigenvalue weighted by Crippen LogP contribution is 2.23. The lowest BCUT2D eigenvalue weighted by Crippen LogP contribution is -2.37. The van der Waals surface area contributed by atoms with Gasteiger partial charge in [-0.05, 0) is 54.4 Å². The zero-order chi connectivity index (χ0) is 22.4. The SMILES string of the molecule is Cc1ccc(NC(=O)CN(c2ccc(OCc3ccccc3)cc2)S(C)(=O)=O)cc1Cl. The molecule has 0 aliphatic heterocycles. The standard InChI is InChI=1S/C23H23ClN2O4S/c1-17-8-9-19(14-22(17)24)25-23(27)15-26(31(2,28)29)20-10-12-21(13-11-20)30-16-18-6-4-3-5-7-18/h3-14H,15-16H2,1-2H3,(H,25,27). The van der Waals surface area contributed by atoms with Gasteiger partial charge in [-0.1, -0.05) is 48.0 Å². The Hall–Kier alpha value is -3.03. The van der Waals surface area contributed by atoms with Gasteiger partial charge in [0.2, 0.25) is 15.9 Å². The first kappa shape index (κ1) is 22.7. The van der Waals surface area contributed by atoms with Crippen molar-refractivity contribution in [1.82, 2.24) is 0 Å². The molecule has 0 aliphatic carbocycles. The Labute approximate surface area is 187 Å². The van der Waals surface area contributed by atoms with Crippen molar-refractivity contribution in [1.29, 1.82) is 0 Å². The number of rotatable bonds is 8. The highest BCUT2D eigenvalue weighted by Gasteiger charge is 2.21. The monoisotopic (exact) mass is 458 g/mol. The van der Waals surface area contributed by atoms with E-state index in [2.05, 4.69) is 5.32 Å². The highest BCUT2D eigenvalue weighted by molar-refractivity contribution is 7.92. The van der Waals surface area contributed by atoms with E-state index in [1.165, 1.54) is 0 Å². The first-order chi connectivity index (χ1) is 14.7. The molecule has 0 fully saturated rings. The van der Waals surface area contributed by atoms with Crippen molar-refractivity contribution in [3.05, 3.63) is 88.9 Å². The first-order valence-corrected chi connectivity index (χ1v) is 11.8. The fraction of sp³-hybridized carbons (Fsp3) is 0.174. The third-order valence-corrected chi connectivity index (χ3v) is 6.06. The summed E-state index contributed by atoms with van der Waals surface area (Å²) in [7, 11) is -3.68. The van der Waals surface area contributed by atoms with Crippen LogP contribution < -0.4 is 14.4 Å². The molecule has 3 aromatic carbocycles. The maximum Gasteiger partial charge on any atom is 0.245 e. The Morgan fingerprint density at radius 1 is 1.03 bits per heavy atom. The quantitative estimate of drug-likeness (QED) is 0.534. The van der Waals surface area contributed by atoms with Gasteiger partial charge < -0.3 is 10.1 Å². The number of halogens is 1. The zero-order valence-electron chi connectivity index (χ0n) is 17.2. The number of benzene rings is 3. The van der Waals surface area contributed by atoms with E-state index < -0.39 is 15.9 Å². The molecule has 0 atom stereocenters. The third kappa shape index (κ3) is 6.47. The molecule has 3 rings (SSSR count). The minimum atomic E-state index is -3.68. The van der Waals surface area contributed by atoms with E-state index in [1.807, 2.05) is 37.3 Å². The number of carbonyl (C=O) groups is 1. The summed E-state index contributed by atoms with van der Waals surface area (Å²) in [5.41, 5.74) is 2.77. The molecule has 0 heterocycles. The maximum atomic E-state index is 12.5. The molecule has 1 N–H and O–H groups in total. The number of anilines is 2. The summed E-state index contributed by atoms with van der Waals surface area (Å²) in [6.07, 6.45) is 1.06. The molecule has 0 unspecified atom stereocenters. The van der Waals surface area contributed by atoms with E-state index in [4.69, 9.17) is 16.3 Å². The lowest BCUT2D eigenvalue weighted by atomic mass is 10.2. The molecule has 1 amide bonds. The van der Waals surface area contributed by atoms with Gasteiger partial charge in [0.15, 0.2) is 0 Å². The summed E-state index contributed by atoms with van der Waals surface area (Å²) in [5.74, 6) is 0.120. The Morgan fingerprint density at radius 2 is 1.71 bits per heavy atom. The molecule has 0 spiro atoms. The molecule has 0 radical (unpaired) electrons. The summed E-state index contributed by atoms with van der Waals surface area (Å²) in [5, 5.41) is 3.20. The van der Waals surface area contributed by atoms with Crippen LogP contribution in [0.3, 0.4) is 0 Å². The molecule has 3 aromatic rings. The van der Waals surface area contributed by atoms with E-state index >= 15 is 0 Å². The van der Waals surface area contributed by atoms with Gasteiger partial charge >= 0.3 is 0 Å². The molecular weight excluding hydrogens is 436 g/mol. The molecular formula is C23H23ClN2O4S. The van der Waals surface area contributed by atoms with Crippen LogP contribution in [0.15, 0.2) is 72.8 Å². The number of sulfonamides is 1. The number of aryl methyl sites for hydroxylation is 1. The van der Waals surface area contributed by atoms with Crippen LogP contribution in [0.1, 0.15) is 11.1 Å². The van der Waals surface area contributed by atoms with E-state index in [0.717, 1.165) is 21.7 Å². The van der Waals surface area contributed by atoms with Gasteiger partial charge in [-0.3, -0.25) is 9.10 Å². The predicted octanol–water partition coefficient (Wildman–Crippen LogP) is 4.63. The first-order valence-electron chi connectivity index (χ1n) is 9.53. The van der Waals surface area contributed by atoms with Crippen molar-refractivity contribution >= 4 is 38.9 Å². The smallest absolute Gasteiger partial charge is 0.245 e. The Balaban J connectivity index is 1.68. The minimum absolute atomic E-state index is 0.367. The fourth-order valence-electron chi connectivity index (χ4n) is 2.85. The number of amides is 1. The van der Waals surface area contributed by atoms with Crippen molar-refractivity contribution in [2.24, 2.45) is 0 Å². The second-order valence-electron chi connectivity index (χ2n) is 7.05. The van der Waals surface area contributed by atoms with Crippen LogP contribution in [-0.4, -0.2) is 27.1 Å². The molecule has 0 aliphatic rings. The summed E-state index contributed by atoms with van der Waals surface area (Å²) >= 11 is 6.08. The molecule has 0 saturated carbocycles. The van der Waals surface area contributed by atoms with Gasteiger partial charge in [0.05, 0.1) is 11.9 Å². The van der Waals surface area contributed by atoms with E-state index in [0.29, 0.717) is 28.8 Å². The van der Waals surface area contributed by atoms with Crippen LogP contribution in [0.25, 0.3) is 0 Å². The summed E-state index contributed by atoms with van der Waals surface area (Å²) < 4.78 is 31.4. The van der Waals surface area contributed by atoms with Gasteiger partial charge in [0.1, 0.15) is 18.9 Å². The van der Waals surface area contributed by atoms with Gasteiger partial charge in [-0.15, -0.1) is 0 Å². The molecule has 31 heavy (non-hydrogen) atoms. The normalized spacial score (nSPS) is 11.1. The number of hydrogen-bond donors (Lipinski definition) is 1. The number of nitrogens with one attached hydrogen (secondary N) is 1. The lowest BCUT2D eigenvalue weighted by Gasteiger charge is -2.22. The average Bonchev–Trinajstić information content (AvgIpc) is 2.74. The maximum absolute atomic E-state index is 12.5. The highest BCUT2D eigenvalue weighted by atomic mass is 35.5. The van der Waals surface area contributed by atoms with Crippen molar-refractivity contribution in [3.8, 4) is 5.75 Å². The summed E-state index contributed by atoms with van der Waals surface area (Å²) in [6, 6.07) is 21.4.